The molecule has 2 saturated heterocycles. The van der Waals surface area contributed by atoms with Gasteiger partial charge in [0.1, 0.15) is 6.33 Å². The second-order valence-electron chi connectivity index (χ2n) is 6.92. The molecule has 7 heteroatoms. The molecule has 3 heterocycles. The number of hydrogen-bond donors (Lipinski definition) is 0. The van der Waals surface area contributed by atoms with E-state index in [1.54, 1.807) is 0 Å². The summed E-state index contributed by atoms with van der Waals surface area (Å²) >= 11 is 0. The molecule has 132 valence electrons. The van der Waals surface area contributed by atoms with Gasteiger partial charge >= 0.3 is 5.69 Å². The molecule has 2 aliphatic heterocycles. The minimum atomic E-state index is -0.284. The molecular formula is C17H27N5O2. The Labute approximate surface area is 143 Å². The molecule has 0 aromatic carbocycles. The zero-order valence-electron chi connectivity index (χ0n) is 14.6. The molecule has 1 aromatic heterocycles. The predicted molar refractivity (Wildman–Crippen MR) is 94.6 cm³/mol. The van der Waals surface area contributed by atoms with Gasteiger partial charge in [-0.2, -0.15) is 0 Å². The number of anilines is 2. The van der Waals surface area contributed by atoms with Crippen molar-refractivity contribution in [3.63, 3.8) is 0 Å². The average Bonchev–Trinajstić information content (AvgIpc) is 2.61. The van der Waals surface area contributed by atoms with Crippen molar-refractivity contribution in [3.05, 3.63) is 16.4 Å². The van der Waals surface area contributed by atoms with E-state index in [1.807, 2.05) is 0 Å². The Morgan fingerprint density at radius 2 is 1.75 bits per heavy atom. The number of hydrogen-bond acceptors (Lipinski definition) is 6. The number of rotatable bonds is 4. The molecule has 7 nitrogen and oxygen atoms in total. The summed E-state index contributed by atoms with van der Waals surface area (Å²) in [4.78, 5) is 24.5. The van der Waals surface area contributed by atoms with Crippen LogP contribution in [0.5, 0.6) is 0 Å². The van der Waals surface area contributed by atoms with Crippen molar-refractivity contribution in [1.29, 1.82) is 0 Å². The second kappa shape index (κ2) is 7.32. The fourth-order valence-corrected chi connectivity index (χ4v) is 4.06. The van der Waals surface area contributed by atoms with Gasteiger partial charge in [0.15, 0.2) is 0 Å². The van der Waals surface area contributed by atoms with Crippen LogP contribution in [0.3, 0.4) is 0 Å². The SMILES string of the molecule is CCC1CCCCN1c1ncnc(N2CCCCC2C)c1[N+](=O)[O-]. The quantitative estimate of drug-likeness (QED) is 0.620. The van der Waals surface area contributed by atoms with Crippen molar-refractivity contribution >= 4 is 17.3 Å². The fraction of sp³-hybridized carbons (Fsp3) is 0.765. The average molecular weight is 333 g/mol. The minimum Gasteiger partial charge on any atom is -0.348 e. The Hall–Kier alpha value is -1.92. The number of piperidine rings is 2. The summed E-state index contributed by atoms with van der Waals surface area (Å²) in [5, 5.41) is 11.9. The lowest BCUT2D eigenvalue weighted by atomic mass is 9.99. The molecule has 0 spiro atoms. The van der Waals surface area contributed by atoms with Crippen LogP contribution in [-0.4, -0.2) is 40.1 Å². The first-order chi connectivity index (χ1) is 11.6. The summed E-state index contributed by atoms with van der Waals surface area (Å²) in [6, 6.07) is 0.613. The van der Waals surface area contributed by atoms with Gasteiger partial charge in [0.05, 0.1) is 4.92 Å². The Morgan fingerprint density at radius 3 is 2.38 bits per heavy atom. The van der Waals surface area contributed by atoms with E-state index in [9.17, 15) is 10.1 Å². The Bertz CT molecular complexity index is 594. The van der Waals surface area contributed by atoms with Crippen LogP contribution in [0, 0.1) is 10.1 Å². The molecule has 2 unspecified atom stereocenters. The second-order valence-corrected chi connectivity index (χ2v) is 6.92. The highest BCUT2D eigenvalue weighted by molar-refractivity contribution is 5.72. The topological polar surface area (TPSA) is 75.4 Å². The lowest BCUT2D eigenvalue weighted by Gasteiger charge is -2.37. The molecule has 0 amide bonds. The Kier molecular flexibility index (Phi) is 5.16. The molecule has 24 heavy (non-hydrogen) atoms. The zero-order valence-corrected chi connectivity index (χ0v) is 14.6. The molecule has 2 fully saturated rings. The van der Waals surface area contributed by atoms with E-state index >= 15 is 0 Å². The first-order valence-corrected chi connectivity index (χ1v) is 9.16. The number of nitro groups is 1. The summed E-state index contributed by atoms with van der Waals surface area (Å²) < 4.78 is 0. The predicted octanol–water partition coefficient (Wildman–Crippen LogP) is 3.53. The van der Waals surface area contributed by atoms with E-state index in [-0.39, 0.29) is 16.7 Å². The third kappa shape index (κ3) is 3.16. The van der Waals surface area contributed by atoms with Crippen molar-refractivity contribution in [1.82, 2.24) is 9.97 Å². The first kappa shape index (κ1) is 16.9. The maximum absolute atomic E-state index is 11.9. The van der Waals surface area contributed by atoms with Crippen molar-refractivity contribution in [2.24, 2.45) is 0 Å². The molecule has 0 saturated carbocycles. The van der Waals surface area contributed by atoms with Crippen LogP contribution in [0.4, 0.5) is 17.3 Å². The maximum Gasteiger partial charge on any atom is 0.353 e. The van der Waals surface area contributed by atoms with Crippen LogP contribution in [0.2, 0.25) is 0 Å². The van der Waals surface area contributed by atoms with E-state index < -0.39 is 0 Å². The molecule has 0 radical (unpaired) electrons. The summed E-state index contributed by atoms with van der Waals surface area (Å²) in [6.07, 6.45) is 9.09. The van der Waals surface area contributed by atoms with E-state index in [0.717, 1.165) is 45.2 Å². The normalized spacial score (nSPS) is 24.9. The Morgan fingerprint density at radius 1 is 1.12 bits per heavy atom. The smallest absolute Gasteiger partial charge is 0.348 e. The van der Waals surface area contributed by atoms with Gasteiger partial charge in [-0.15, -0.1) is 0 Å². The summed E-state index contributed by atoms with van der Waals surface area (Å²) in [6.45, 7) is 5.94. The molecule has 1 aromatic rings. The molecule has 0 bridgehead atoms. The standard InChI is InChI=1S/C17H27N5O2/c1-3-14-9-5-7-11-21(14)17-15(22(23)24)16(18-12-19-17)20-10-6-4-8-13(20)2/h12-14H,3-11H2,1-2H3. The van der Waals surface area contributed by atoms with E-state index in [2.05, 4.69) is 33.6 Å². The van der Waals surface area contributed by atoms with Crippen LogP contribution in [0.25, 0.3) is 0 Å². The molecule has 2 aliphatic rings. The first-order valence-electron chi connectivity index (χ1n) is 9.16. The van der Waals surface area contributed by atoms with Crippen LogP contribution < -0.4 is 9.80 Å². The van der Waals surface area contributed by atoms with E-state index in [0.29, 0.717) is 17.7 Å². The largest absolute Gasteiger partial charge is 0.353 e. The van der Waals surface area contributed by atoms with Gasteiger partial charge in [-0.1, -0.05) is 6.92 Å². The molecule has 0 N–H and O–H groups in total. The third-order valence-electron chi connectivity index (χ3n) is 5.41. The van der Waals surface area contributed by atoms with Crippen molar-refractivity contribution in [2.75, 3.05) is 22.9 Å². The van der Waals surface area contributed by atoms with Gasteiger partial charge in [-0.05, 0) is 51.9 Å². The number of aromatic nitrogens is 2. The van der Waals surface area contributed by atoms with E-state index in [1.165, 1.54) is 19.2 Å². The van der Waals surface area contributed by atoms with Gasteiger partial charge < -0.3 is 9.80 Å². The summed E-state index contributed by atoms with van der Waals surface area (Å²) in [5.41, 5.74) is 0.0894. The van der Waals surface area contributed by atoms with Crippen LogP contribution in [0.1, 0.15) is 58.8 Å². The van der Waals surface area contributed by atoms with Gasteiger partial charge in [-0.25, -0.2) is 9.97 Å². The summed E-state index contributed by atoms with van der Waals surface area (Å²) in [7, 11) is 0. The van der Waals surface area contributed by atoms with Crippen LogP contribution in [-0.2, 0) is 0 Å². The van der Waals surface area contributed by atoms with Gasteiger partial charge in [0.25, 0.3) is 0 Å². The van der Waals surface area contributed by atoms with Crippen molar-refractivity contribution < 1.29 is 4.92 Å². The maximum atomic E-state index is 11.9. The Balaban J connectivity index is 2.03. The fourth-order valence-electron chi connectivity index (χ4n) is 4.06. The lowest BCUT2D eigenvalue weighted by molar-refractivity contribution is -0.383. The highest BCUT2D eigenvalue weighted by Gasteiger charge is 2.35. The van der Waals surface area contributed by atoms with Gasteiger partial charge in [0, 0.05) is 25.2 Å². The minimum absolute atomic E-state index is 0.0894. The van der Waals surface area contributed by atoms with Gasteiger partial charge in [-0.3, -0.25) is 10.1 Å². The summed E-state index contributed by atoms with van der Waals surface area (Å²) in [5.74, 6) is 1.01. The monoisotopic (exact) mass is 333 g/mol. The molecule has 3 rings (SSSR count). The highest BCUT2D eigenvalue weighted by atomic mass is 16.6. The van der Waals surface area contributed by atoms with Crippen molar-refractivity contribution in [2.45, 2.75) is 70.9 Å². The lowest BCUT2D eigenvalue weighted by Crippen LogP contribution is -2.41. The third-order valence-corrected chi connectivity index (χ3v) is 5.41. The molecule has 0 aliphatic carbocycles. The van der Waals surface area contributed by atoms with Crippen LogP contribution >= 0.6 is 0 Å². The highest BCUT2D eigenvalue weighted by Crippen LogP contribution is 2.39. The zero-order chi connectivity index (χ0) is 17.1. The van der Waals surface area contributed by atoms with Crippen molar-refractivity contribution in [3.8, 4) is 0 Å². The molecular weight excluding hydrogens is 306 g/mol. The van der Waals surface area contributed by atoms with Crippen LogP contribution in [0.15, 0.2) is 6.33 Å². The van der Waals surface area contributed by atoms with E-state index in [4.69, 9.17) is 0 Å². The molecule has 2 atom stereocenters. The van der Waals surface area contributed by atoms with Gasteiger partial charge in [0.2, 0.25) is 11.6 Å². The number of nitrogens with zero attached hydrogens (tertiary/aromatic N) is 5.